The molecular formula is C23H16N4O2S. The lowest BCUT2D eigenvalue weighted by molar-refractivity contribution is 0.468. The minimum absolute atomic E-state index is 0.211. The predicted molar refractivity (Wildman–Crippen MR) is 118 cm³/mol. The fraction of sp³-hybridized carbons (Fsp3) is 0.0435. The van der Waals surface area contributed by atoms with Crippen molar-refractivity contribution < 1.29 is 4.42 Å². The first kappa shape index (κ1) is 18.3. The van der Waals surface area contributed by atoms with Crippen molar-refractivity contribution >= 4 is 39.8 Å². The van der Waals surface area contributed by atoms with Crippen LogP contribution in [0.25, 0.3) is 21.8 Å². The Labute approximate surface area is 175 Å². The van der Waals surface area contributed by atoms with Gasteiger partial charge in [-0.2, -0.15) is 9.78 Å². The third kappa shape index (κ3) is 3.40. The van der Waals surface area contributed by atoms with Gasteiger partial charge in [-0.3, -0.25) is 9.78 Å². The van der Waals surface area contributed by atoms with E-state index in [0.717, 1.165) is 20.9 Å². The van der Waals surface area contributed by atoms with Crippen LogP contribution in [0.15, 0.2) is 97.2 Å². The monoisotopic (exact) mass is 412 g/mol. The average Bonchev–Trinajstić information content (AvgIpc) is 3.21. The lowest BCUT2D eigenvalue weighted by atomic mass is 10.2. The minimum Gasteiger partial charge on any atom is -0.448 e. The summed E-state index contributed by atoms with van der Waals surface area (Å²) >= 11 is 1.50. The van der Waals surface area contributed by atoms with Gasteiger partial charge < -0.3 is 4.42 Å². The van der Waals surface area contributed by atoms with Gasteiger partial charge in [0.2, 0.25) is 0 Å². The van der Waals surface area contributed by atoms with Crippen LogP contribution in [-0.2, 0) is 0 Å². The first-order valence-corrected chi connectivity index (χ1v) is 10.1. The second-order valence-electron chi connectivity index (χ2n) is 6.63. The van der Waals surface area contributed by atoms with Crippen molar-refractivity contribution in [2.45, 2.75) is 16.9 Å². The van der Waals surface area contributed by atoms with Gasteiger partial charge >= 0.3 is 0 Å². The molecular weight excluding hydrogens is 396 g/mol. The van der Waals surface area contributed by atoms with Gasteiger partial charge in [-0.05, 0) is 55.1 Å². The molecule has 0 radical (unpaired) electrons. The van der Waals surface area contributed by atoms with Gasteiger partial charge in [0.1, 0.15) is 11.6 Å². The third-order valence-electron chi connectivity index (χ3n) is 4.62. The molecule has 5 rings (SSSR count). The van der Waals surface area contributed by atoms with Gasteiger partial charge in [0, 0.05) is 16.5 Å². The van der Waals surface area contributed by atoms with Gasteiger partial charge in [0.25, 0.3) is 5.56 Å². The molecule has 2 aromatic carbocycles. The van der Waals surface area contributed by atoms with Crippen molar-refractivity contribution in [3.05, 3.63) is 94.9 Å². The van der Waals surface area contributed by atoms with E-state index in [9.17, 15) is 4.79 Å². The number of aryl methyl sites for hydroxylation is 1. The highest BCUT2D eigenvalue weighted by atomic mass is 32.2. The molecule has 0 amide bonds. The summed E-state index contributed by atoms with van der Waals surface area (Å²) in [5, 5.41) is 6.62. The summed E-state index contributed by atoms with van der Waals surface area (Å²) in [6.07, 6.45) is 3.31. The van der Waals surface area contributed by atoms with Crippen LogP contribution in [0.5, 0.6) is 0 Å². The SMILES string of the molecule is Cc1nc2ccccc2c(=O)n1/N=C/c1ccc(Sc2cccc3cccnc23)o1. The molecule has 3 aromatic heterocycles. The Kier molecular flexibility index (Phi) is 4.65. The predicted octanol–water partition coefficient (Wildman–Crippen LogP) is 4.88. The van der Waals surface area contributed by atoms with Crippen molar-refractivity contribution in [2.75, 3.05) is 0 Å². The zero-order valence-corrected chi connectivity index (χ0v) is 16.8. The van der Waals surface area contributed by atoms with E-state index in [2.05, 4.69) is 15.1 Å². The molecule has 0 saturated heterocycles. The van der Waals surface area contributed by atoms with Crippen molar-refractivity contribution in [3.63, 3.8) is 0 Å². The standard InChI is InChI=1S/C23H16N4O2S/c1-15-26-19-9-3-2-8-18(19)23(28)27(15)25-14-17-11-12-21(29-17)30-20-10-4-6-16-7-5-13-24-22(16)20/h2-14H,1H3/b25-14+. The number of fused-ring (bicyclic) bond motifs is 2. The van der Waals surface area contributed by atoms with E-state index in [1.807, 2.05) is 60.7 Å². The molecule has 30 heavy (non-hydrogen) atoms. The highest BCUT2D eigenvalue weighted by Crippen LogP contribution is 2.33. The molecule has 0 aliphatic rings. The van der Waals surface area contributed by atoms with Gasteiger partial charge in [-0.1, -0.05) is 30.3 Å². The van der Waals surface area contributed by atoms with Crippen LogP contribution in [-0.4, -0.2) is 20.9 Å². The molecule has 0 bridgehead atoms. The summed E-state index contributed by atoms with van der Waals surface area (Å²) < 4.78 is 7.16. The molecule has 0 spiro atoms. The number of hydrogen-bond donors (Lipinski definition) is 0. The summed E-state index contributed by atoms with van der Waals surface area (Å²) in [5.74, 6) is 1.06. The Bertz CT molecular complexity index is 1460. The van der Waals surface area contributed by atoms with Crippen LogP contribution in [0.2, 0.25) is 0 Å². The Morgan fingerprint density at radius 3 is 2.83 bits per heavy atom. The summed E-state index contributed by atoms with van der Waals surface area (Å²) in [6.45, 7) is 1.75. The number of aromatic nitrogens is 3. The Balaban J connectivity index is 1.43. The highest BCUT2D eigenvalue weighted by molar-refractivity contribution is 7.99. The molecule has 7 heteroatoms. The summed E-state index contributed by atoms with van der Waals surface area (Å²) in [4.78, 5) is 22.6. The Hall–Kier alpha value is -3.71. The molecule has 6 nitrogen and oxygen atoms in total. The van der Waals surface area contributed by atoms with Gasteiger partial charge in [0.15, 0.2) is 5.09 Å². The van der Waals surface area contributed by atoms with Gasteiger partial charge in [-0.25, -0.2) is 4.98 Å². The molecule has 0 fully saturated rings. The van der Waals surface area contributed by atoms with E-state index in [1.54, 1.807) is 19.2 Å². The molecule has 146 valence electrons. The second-order valence-corrected chi connectivity index (χ2v) is 7.67. The number of benzene rings is 2. The number of para-hydroxylation sites is 2. The summed E-state index contributed by atoms with van der Waals surface area (Å²) in [5.41, 5.74) is 1.38. The number of nitrogens with zero attached hydrogens (tertiary/aromatic N) is 4. The summed E-state index contributed by atoms with van der Waals surface area (Å²) in [6, 6.07) is 20.9. The van der Waals surface area contributed by atoms with E-state index in [1.165, 1.54) is 22.7 Å². The molecule has 5 aromatic rings. The van der Waals surface area contributed by atoms with E-state index in [-0.39, 0.29) is 5.56 Å². The smallest absolute Gasteiger partial charge is 0.282 e. The van der Waals surface area contributed by atoms with Crippen molar-refractivity contribution in [3.8, 4) is 0 Å². The van der Waals surface area contributed by atoms with Crippen LogP contribution in [0, 0.1) is 6.92 Å². The molecule has 0 aliphatic carbocycles. The van der Waals surface area contributed by atoms with E-state index in [4.69, 9.17) is 4.42 Å². The number of hydrogen-bond acceptors (Lipinski definition) is 6. The average molecular weight is 412 g/mol. The molecule has 3 heterocycles. The van der Waals surface area contributed by atoms with E-state index in [0.29, 0.717) is 22.5 Å². The van der Waals surface area contributed by atoms with Crippen LogP contribution in [0.1, 0.15) is 11.6 Å². The molecule has 0 N–H and O–H groups in total. The maximum absolute atomic E-state index is 12.7. The first-order chi connectivity index (χ1) is 14.7. The maximum Gasteiger partial charge on any atom is 0.282 e. The van der Waals surface area contributed by atoms with E-state index >= 15 is 0 Å². The minimum atomic E-state index is -0.211. The largest absolute Gasteiger partial charge is 0.448 e. The van der Waals surface area contributed by atoms with Crippen LogP contribution >= 0.6 is 11.8 Å². The van der Waals surface area contributed by atoms with Gasteiger partial charge in [-0.15, -0.1) is 0 Å². The fourth-order valence-corrected chi connectivity index (χ4v) is 4.12. The second kappa shape index (κ2) is 7.61. The first-order valence-electron chi connectivity index (χ1n) is 9.33. The summed E-state index contributed by atoms with van der Waals surface area (Å²) in [7, 11) is 0. The number of pyridine rings is 1. The Morgan fingerprint density at radius 2 is 1.90 bits per heavy atom. The normalized spacial score (nSPS) is 11.6. The zero-order valence-electron chi connectivity index (χ0n) is 16.0. The molecule has 0 atom stereocenters. The Morgan fingerprint density at radius 1 is 1.03 bits per heavy atom. The number of rotatable bonds is 4. The number of furan rings is 1. The maximum atomic E-state index is 12.7. The van der Waals surface area contributed by atoms with Crippen molar-refractivity contribution in [1.82, 2.24) is 14.6 Å². The van der Waals surface area contributed by atoms with Gasteiger partial charge in [0.05, 0.1) is 22.6 Å². The zero-order chi connectivity index (χ0) is 20.5. The van der Waals surface area contributed by atoms with E-state index < -0.39 is 0 Å². The third-order valence-corrected chi connectivity index (χ3v) is 5.59. The molecule has 0 unspecified atom stereocenters. The quantitative estimate of drug-likeness (QED) is 0.393. The molecule has 0 saturated carbocycles. The van der Waals surface area contributed by atoms with Crippen molar-refractivity contribution in [1.29, 1.82) is 0 Å². The van der Waals surface area contributed by atoms with Crippen molar-refractivity contribution in [2.24, 2.45) is 5.10 Å². The molecule has 0 aliphatic heterocycles. The van der Waals surface area contributed by atoms with Crippen LogP contribution < -0.4 is 5.56 Å². The van der Waals surface area contributed by atoms with Crippen LogP contribution in [0.4, 0.5) is 0 Å². The lowest BCUT2D eigenvalue weighted by Gasteiger charge is -2.04. The highest BCUT2D eigenvalue weighted by Gasteiger charge is 2.09. The lowest BCUT2D eigenvalue weighted by Crippen LogP contribution is -2.20. The fourth-order valence-electron chi connectivity index (χ4n) is 3.21. The van der Waals surface area contributed by atoms with Crippen LogP contribution in [0.3, 0.4) is 0 Å². The topological polar surface area (TPSA) is 73.3 Å².